The summed E-state index contributed by atoms with van der Waals surface area (Å²) < 4.78 is 6.15. The number of carbonyl (C=O) groups excluding carboxylic acids is 1. The topological polar surface area (TPSA) is 41.6 Å². The molecule has 0 bridgehead atoms. The lowest BCUT2D eigenvalue weighted by atomic mass is 10.1. The maximum absolute atomic E-state index is 12.0. The molecule has 0 radical (unpaired) electrons. The predicted octanol–water partition coefficient (Wildman–Crippen LogP) is 1.73. The fourth-order valence-corrected chi connectivity index (χ4v) is 2.36. The molecule has 0 aromatic heterocycles. The van der Waals surface area contributed by atoms with E-state index in [1.54, 1.807) is 0 Å². The van der Waals surface area contributed by atoms with Gasteiger partial charge in [-0.05, 0) is 30.7 Å². The predicted molar refractivity (Wildman–Crippen MR) is 68.7 cm³/mol. The highest BCUT2D eigenvalue weighted by Gasteiger charge is 2.14. The molecule has 1 N–H and O–H groups in total. The zero-order chi connectivity index (χ0) is 12.3. The van der Waals surface area contributed by atoms with Gasteiger partial charge in [0.05, 0.1) is 13.2 Å². The van der Waals surface area contributed by atoms with Crippen LogP contribution in [0.25, 0.3) is 0 Å². The van der Waals surface area contributed by atoms with Crippen molar-refractivity contribution in [1.29, 1.82) is 0 Å². The van der Waals surface area contributed by atoms with Crippen molar-refractivity contribution < 1.29 is 9.53 Å². The Labute approximate surface area is 109 Å². The van der Waals surface area contributed by atoms with Crippen molar-refractivity contribution in [3.8, 4) is 0 Å². The number of nitrogens with one attached hydrogen (secondary N) is 1. The van der Waals surface area contributed by atoms with Crippen molar-refractivity contribution in [3.05, 3.63) is 33.8 Å². The second kappa shape index (κ2) is 5.62. The number of hydrazine groups is 1. The van der Waals surface area contributed by atoms with Gasteiger partial charge in [-0.15, -0.1) is 0 Å². The summed E-state index contributed by atoms with van der Waals surface area (Å²) in [5.74, 6) is -0.0729. The summed E-state index contributed by atoms with van der Waals surface area (Å²) >= 11 is 3.39. The second-order valence-electron chi connectivity index (χ2n) is 4.06. The van der Waals surface area contributed by atoms with E-state index in [-0.39, 0.29) is 5.91 Å². The monoisotopic (exact) mass is 298 g/mol. The zero-order valence-corrected chi connectivity index (χ0v) is 11.3. The minimum absolute atomic E-state index is 0.0729. The Morgan fingerprint density at radius 2 is 2.06 bits per heavy atom. The molecule has 1 heterocycles. The average molecular weight is 299 g/mol. The van der Waals surface area contributed by atoms with Gasteiger partial charge in [0.15, 0.2) is 0 Å². The zero-order valence-electron chi connectivity index (χ0n) is 9.70. The quantitative estimate of drug-likeness (QED) is 0.904. The number of halogens is 1. The third-order valence-electron chi connectivity index (χ3n) is 2.58. The molecule has 0 aliphatic carbocycles. The molecule has 0 saturated carbocycles. The van der Waals surface area contributed by atoms with Crippen molar-refractivity contribution in [3.63, 3.8) is 0 Å². The van der Waals surface area contributed by atoms with Gasteiger partial charge >= 0.3 is 0 Å². The van der Waals surface area contributed by atoms with E-state index in [4.69, 9.17) is 4.74 Å². The van der Waals surface area contributed by atoms with E-state index in [1.165, 1.54) is 0 Å². The number of hydrogen-bond donors (Lipinski definition) is 1. The van der Waals surface area contributed by atoms with Gasteiger partial charge in [-0.1, -0.05) is 15.9 Å². The van der Waals surface area contributed by atoms with E-state index in [9.17, 15) is 4.79 Å². The Morgan fingerprint density at radius 3 is 2.71 bits per heavy atom. The number of ether oxygens (including phenoxy) is 1. The molecule has 1 fully saturated rings. The third-order valence-corrected chi connectivity index (χ3v) is 3.03. The molecule has 17 heavy (non-hydrogen) atoms. The number of amides is 1. The first kappa shape index (κ1) is 12.5. The first-order valence-electron chi connectivity index (χ1n) is 5.56. The van der Waals surface area contributed by atoms with Gasteiger partial charge < -0.3 is 4.74 Å². The number of rotatable bonds is 2. The average Bonchev–Trinajstić information content (AvgIpc) is 2.29. The van der Waals surface area contributed by atoms with Crippen molar-refractivity contribution in [2.45, 2.75) is 6.92 Å². The van der Waals surface area contributed by atoms with Crippen molar-refractivity contribution in [2.24, 2.45) is 0 Å². The minimum atomic E-state index is -0.0729. The number of benzene rings is 1. The minimum Gasteiger partial charge on any atom is -0.379 e. The van der Waals surface area contributed by atoms with E-state index in [2.05, 4.69) is 21.4 Å². The Balaban J connectivity index is 2.03. The number of aryl methyl sites for hydroxylation is 1. The van der Waals surface area contributed by atoms with Gasteiger partial charge in [0, 0.05) is 23.1 Å². The van der Waals surface area contributed by atoms with E-state index in [0.717, 1.165) is 23.1 Å². The van der Waals surface area contributed by atoms with Crippen molar-refractivity contribution in [2.75, 3.05) is 26.3 Å². The molecule has 1 aliphatic heterocycles. The van der Waals surface area contributed by atoms with Gasteiger partial charge in [-0.25, -0.2) is 5.01 Å². The molecule has 0 atom stereocenters. The van der Waals surface area contributed by atoms with Crippen LogP contribution in [0.15, 0.2) is 22.7 Å². The molecule has 0 spiro atoms. The van der Waals surface area contributed by atoms with Gasteiger partial charge in [0.1, 0.15) is 0 Å². The normalized spacial score (nSPS) is 16.8. The summed E-state index contributed by atoms with van der Waals surface area (Å²) in [7, 11) is 0. The molecule has 1 aromatic rings. The molecule has 1 aliphatic rings. The third kappa shape index (κ3) is 3.52. The first-order chi connectivity index (χ1) is 8.15. The molecule has 1 amide bonds. The van der Waals surface area contributed by atoms with Crippen LogP contribution in [0.5, 0.6) is 0 Å². The highest BCUT2D eigenvalue weighted by molar-refractivity contribution is 9.10. The molecule has 5 heteroatoms. The van der Waals surface area contributed by atoms with E-state index in [0.29, 0.717) is 18.8 Å². The lowest BCUT2D eigenvalue weighted by molar-refractivity contribution is 0.0126. The smallest absolute Gasteiger partial charge is 0.265 e. The van der Waals surface area contributed by atoms with Crippen LogP contribution in [0.4, 0.5) is 0 Å². The van der Waals surface area contributed by atoms with E-state index < -0.39 is 0 Å². The van der Waals surface area contributed by atoms with Gasteiger partial charge in [0.25, 0.3) is 5.91 Å². The molecular weight excluding hydrogens is 284 g/mol. The number of morpholine rings is 1. The van der Waals surface area contributed by atoms with E-state index in [1.807, 2.05) is 30.1 Å². The lowest BCUT2D eigenvalue weighted by Crippen LogP contribution is -2.48. The van der Waals surface area contributed by atoms with Crippen LogP contribution in [-0.2, 0) is 4.74 Å². The summed E-state index contributed by atoms with van der Waals surface area (Å²) in [4.78, 5) is 12.0. The second-order valence-corrected chi connectivity index (χ2v) is 4.97. The van der Waals surface area contributed by atoms with Crippen LogP contribution in [0, 0.1) is 6.92 Å². The van der Waals surface area contributed by atoms with Crippen LogP contribution in [0.3, 0.4) is 0 Å². The number of hydrogen-bond acceptors (Lipinski definition) is 3. The highest BCUT2D eigenvalue weighted by Crippen LogP contribution is 2.15. The highest BCUT2D eigenvalue weighted by atomic mass is 79.9. The summed E-state index contributed by atoms with van der Waals surface area (Å²) in [6.07, 6.45) is 0. The van der Waals surface area contributed by atoms with Gasteiger partial charge in [-0.3, -0.25) is 10.2 Å². The Bertz CT molecular complexity index is 397. The van der Waals surface area contributed by atoms with Crippen LogP contribution in [-0.4, -0.2) is 37.2 Å². The molecule has 0 unspecified atom stereocenters. The first-order valence-corrected chi connectivity index (χ1v) is 6.35. The van der Waals surface area contributed by atoms with Crippen molar-refractivity contribution in [1.82, 2.24) is 10.4 Å². The van der Waals surface area contributed by atoms with Crippen LogP contribution in [0.2, 0.25) is 0 Å². The van der Waals surface area contributed by atoms with Gasteiger partial charge in [0.2, 0.25) is 0 Å². The largest absolute Gasteiger partial charge is 0.379 e. The lowest BCUT2D eigenvalue weighted by Gasteiger charge is -2.27. The van der Waals surface area contributed by atoms with E-state index >= 15 is 0 Å². The summed E-state index contributed by atoms with van der Waals surface area (Å²) in [6, 6.07) is 5.68. The summed E-state index contributed by atoms with van der Waals surface area (Å²) in [5, 5.41) is 1.89. The summed E-state index contributed by atoms with van der Waals surface area (Å²) in [6.45, 7) is 4.77. The van der Waals surface area contributed by atoms with Crippen LogP contribution < -0.4 is 5.43 Å². The Morgan fingerprint density at radius 1 is 1.35 bits per heavy atom. The number of nitrogens with zero attached hydrogens (tertiary/aromatic N) is 1. The molecule has 2 rings (SSSR count). The van der Waals surface area contributed by atoms with Crippen LogP contribution >= 0.6 is 15.9 Å². The molecule has 1 aromatic carbocycles. The Kier molecular flexibility index (Phi) is 4.15. The molecule has 92 valence electrons. The maximum atomic E-state index is 12.0. The van der Waals surface area contributed by atoms with Crippen molar-refractivity contribution >= 4 is 21.8 Å². The maximum Gasteiger partial charge on any atom is 0.265 e. The standard InChI is InChI=1S/C12H15BrN2O2/c1-9-6-10(8-11(13)7-9)12(16)14-15-2-4-17-5-3-15/h6-8H,2-5H2,1H3,(H,14,16). The Hall–Kier alpha value is -0.910. The fourth-order valence-electron chi connectivity index (χ4n) is 1.75. The summed E-state index contributed by atoms with van der Waals surface area (Å²) in [5.41, 5.74) is 4.61. The SMILES string of the molecule is Cc1cc(Br)cc(C(=O)NN2CCOCC2)c1. The molecular formula is C12H15BrN2O2. The number of carbonyl (C=O) groups is 1. The molecule has 4 nitrogen and oxygen atoms in total. The van der Waals surface area contributed by atoms with Crippen LogP contribution in [0.1, 0.15) is 15.9 Å². The molecule has 1 saturated heterocycles. The fraction of sp³-hybridized carbons (Fsp3) is 0.417. The van der Waals surface area contributed by atoms with Gasteiger partial charge in [-0.2, -0.15) is 0 Å².